The van der Waals surface area contributed by atoms with E-state index in [4.69, 9.17) is 0 Å². The molecule has 0 saturated carbocycles. The molecule has 2 aromatic rings. The van der Waals surface area contributed by atoms with Gasteiger partial charge < -0.3 is 5.32 Å². The molecule has 1 fully saturated rings. The Kier molecular flexibility index (Phi) is 4.82. The highest BCUT2D eigenvalue weighted by molar-refractivity contribution is 8.18. The van der Waals surface area contributed by atoms with Gasteiger partial charge in [0.15, 0.2) is 0 Å². The maximum atomic E-state index is 12.3. The highest BCUT2D eigenvalue weighted by Crippen LogP contribution is 2.32. The summed E-state index contributed by atoms with van der Waals surface area (Å²) in [6.45, 7) is 1.63. The van der Waals surface area contributed by atoms with E-state index >= 15 is 0 Å². The topological polar surface area (TPSA) is 66.5 Å². The number of nitrogens with one attached hydrogen (secondary N) is 1. The Morgan fingerprint density at radius 1 is 1.25 bits per heavy atom. The third kappa shape index (κ3) is 3.74. The SMILES string of the molecule is Cc1cccc(NC(=O)CN2C(=O)S/C(=C/c3cccs3)C2=O)c1. The fraction of sp³-hybridized carbons (Fsp3) is 0.118. The van der Waals surface area contributed by atoms with Gasteiger partial charge >= 0.3 is 0 Å². The molecule has 3 rings (SSSR count). The molecule has 0 atom stereocenters. The molecular formula is C17H14N2O3S2. The molecule has 1 aliphatic heterocycles. The Labute approximate surface area is 147 Å². The van der Waals surface area contributed by atoms with E-state index in [-0.39, 0.29) is 6.54 Å². The second-order valence-corrected chi connectivity index (χ2v) is 7.17. The third-order valence-corrected chi connectivity index (χ3v) is 5.02. The van der Waals surface area contributed by atoms with Crippen LogP contribution in [0.1, 0.15) is 10.4 Å². The Bertz CT molecular complexity index is 828. The van der Waals surface area contributed by atoms with Crippen molar-refractivity contribution < 1.29 is 14.4 Å². The Hall–Kier alpha value is -2.38. The predicted octanol–water partition coefficient (Wildman–Crippen LogP) is 3.73. The van der Waals surface area contributed by atoms with E-state index in [1.54, 1.807) is 12.1 Å². The number of benzene rings is 1. The van der Waals surface area contributed by atoms with Gasteiger partial charge in [0.2, 0.25) is 5.91 Å². The number of rotatable bonds is 4. The van der Waals surface area contributed by atoms with E-state index < -0.39 is 17.1 Å². The van der Waals surface area contributed by atoms with E-state index in [0.717, 1.165) is 27.1 Å². The van der Waals surface area contributed by atoms with Crippen molar-refractivity contribution in [1.29, 1.82) is 0 Å². The van der Waals surface area contributed by atoms with Crippen molar-refractivity contribution in [1.82, 2.24) is 4.90 Å². The van der Waals surface area contributed by atoms with Crippen LogP contribution in [0.3, 0.4) is 0 Å². The minimum atomic E-state index is -0.433. The van der Waals surface area contributed by atoms with Crippen molar-refractivity contribution in [2.24, 2.45) is 0 Å². The van der Waals surface area contributed by atoms with Crippen LogP contribution in [0.2, 0.25) is 0 Å². The lowest BCUT2D eigenvalue weighted by Crippen LogP contribution is -2.36. The van der Waals surface area contributed by atoms with Crippen LogP contribution < -0.4 is 5.32 Å². The van der Waals surface area contributed by atoms with Crippen LogP contribution in [-0.2, 0) is 9.59 Å². The summed E-state index contributed by atoms with van der Waals surface area (Å²) in [6.07, 6.45) is 1.67. The van der Waals surface area contributed by atoms with Gasteiger partial charge in [-0.05, 0) is 53.9 Å². The number of hydrogen-bond acceptors (Lipinski definition) is 5. The van der Waals surface area contributed by atoms with Crippen LogP contribution >= 0.6 is 23.1 Å². The molecular weight excluding hydrogens is 344 g/mol. The standard InChI is InChI=1S/C17H14N2O3S2/c1-11-4-2-5-12(8-11)18-15(20)10-19-16(21)14(24-17(19)22)9-13-6-3-7-23-13/h2-9H,10H2,1H3,(H,18,20)/b14-9+. The summed E-state index contributed by atoms with van der Waals surface area (Å²) >= 11 is 2.34. The molecule has 1 saturated heterocycles. The van der Waals surface area contributed by atoms with E-state index in [0.29, 0.717) is 10.6 Å². The predicted molar refractivity (Wildman–Crippen MR) is 96.8 cm³/mol. The summed E-state index contributed by atoms with van der Waals surface area (Å²) in [5.74, 6) is -0.835. The number of carbonyl (C=O) groups excluding carboxylic acids is 3. The van der Waals surface area contributed by atoms with Gasteiger partial charge in [-0.25, -0.2) is 0 Å². The van der Waals surface area contributed by atoms with Crippen LogP contribution in [0.5, 0.6) is 0 Å². The third-order valence-electron chi connectivity index (χ3n) is 3.29. The van der Waals surface area contributed by atoms with Crippen molar-refractivity contribution in [3.8, 4) is 0 Å². The molecule has 7 heteroatoms. The first-order valence-corrected chi connectivity index (χ1v) is 8.88. The zero-order chi connectivity index (χ0) is 17.1. The molecule has 1 aromatic heterocycles. The Balaban J connectivity index is 1.67. The number of thiophene rings is 1. The summed E-state index contributed by atoms with van der Waals surface area (Å²) in [5, 5.41) is 4.17. The summed E-state index contributed by atoms with van der Waals surface area (Å²) in [4.78, 5) is 38.7. The van der Waals surface area contributed by atoms with Crippen molar-refractivity contribution in [2.45, 2.75) is 6.92 Å². The molecule has 5 nitrogen and oxygen atoms in total. The minimum Gasteiger partial charge on any atom is -0.325 e. The molecule has 24 heavy (non-hydrogen) atoms. The number of thioether (sulfide) groups is 1. The van der Waals surface area contributed by atoms with Crippen molar-refractivity contribution >= 4 is 51.9 Å². The van der Waals surface area contributed by atoms with Gasteiger partial charge in [-0.1, -0.05) is 18.2 Å². The normalized spacial score (nSPS) is 16.0. The first-order chi connectivity index (χ1) is 11.5. The first kappa shape index (κ1) is 16.5. The molecule has 1 N–H and O–H groups in total. The van der Waals surface area contributed by atoms with Gasteiger partial charge in [-0.2, -0.15) is 0 Å². The molecule has 0 radical (unpaired) electrons. The number of carbonyl (C=O) groups is 3. The lowest BCUT2D eigenvalue weighted by molar-refractivity contribution is -0.127. The number of aryl methyl sites for hydroxylation is 1. The van der Waals surface area contributed by atoms with Gasteiger partial charge in [-0.15, -0.1) is 11.3 Å². The van der Waals surface area contributed by atoms with Gasteiger partial charge in [0, 0.05) is 10.6 Å². The summed E-state index contributed by atoms with van der Waals surface area (Å²) in [5.41, 5.74) is 1.65. The number of nitrogens with zero attached hydrogens (tertiary/aromatic N) is 1. The molecule has 0 spiro atoms. The van der Waals surface area contributed by atoms with Crippen LogP contribution in [0.15, 0.2) is 46.7 Å². The van der Waals surface area contributed by atoms with Gasteiger partial charge in [0.25, 0.3) is 11.1 Å². The molecule has 1 aliphatic rings. The smallest absolute Gasteiger partial charge is 0.294 e. The van der Waals surface area contributed by atoms with Crippen LogP contribution in [-0.4, -0.2) is 28.5 Å². The molecule has 0 bridgehead atoms. The summed E-state index contributed by atoms with van der Waals surface area (Å²) in [6, 6.07) is 11.1. The highest BCUT2D eigenvalue weighted by atomic mass is 32.2. The Morgan fingerprint density at radius 3 is 2.79 bits per heavy atom. The quantitative estimate of drug-likeness (QED) is 0.846. The van der Waals surface area contributed by atoms with Gasteiger partial charge in [-0.3, -0.25) is 19.3 Å². The molecule has 0 unspecified atom stereocenters. The van der Waals surface area contributed by atoms with Gasteiger partial charge in [0.05, 0.1) is 4.91 Å². The maximum Gasteiger partial charge on any atom is 0.294 e. The fourth-order valence-electron chi connectivity index (χ4n) is 2.21. The average Bonchev–Trinajstić information content (AvgIpc) is 3.12. The monoisotopic (exact) mass is 358 g/mol. The van der Waals surface area contributed by atoms with Crippen LogP contribution in [0.4, 0.5) is 10.5 Å². The molecule has 0 aliphatic carbocycles. The van der Waals surface area contributed by atoms with Crippen LogP contribution in [0.25, 0.3) is 6.08 Å². The molecule has 122 valence electrons. The highest BCUT2D eigenvalue weighted by Gasteiger charge is 2.36. The maximum absolute atomic E-state index is 12.3. The molecule has 3 amide bonds. The van der Waals surface area contributed by atoms with Crippen LogP contribution in [0, 0.1) is 6.92 Å². The first-order valence-electron chi connectivity index (χ1n) is 7.18. The van der Waals surface area contributed by atoms with Crippen molar-refractivity contribution in [3.05, 3.63) is 57.1 Å². The van der Waals surface area contributed by atoms with Crippen molar-refractivity contribution in [2.75, 3.05) is 11.9 Å². The van der Waals surface area contributed by atoms with E-state index in [2.05, 4.69) is 5.32 Å². The second-order valence-electron chi connectivity index (χ2n) is 5.20. The van der Waals surface area contributed by atoms with E-state index in [1.165, 1.54) is 11.3 Å². The number of hydrogen-bond donors (Lipinski definition) is 1. The van der Waals surface area contributed by atoms with E-state index in [1.807, 2.05) is 42.6 Å². The molecule has 2 heterocycles. The van der Waals surface area contributed by atoms with Crippen molar-refractivity contribution in [3.63, 3.8) is 0 Å². The Morgan fingerprint density at radius 2 is 2.08 bits per heavy atom. The largest absolute Gasteiger partial charge is 0.325 e. The molecule has 1 aromatic carbocycles. The zero-order valence-electron chi connectivity index (χ0n) is 12.8. The number of anilines is 1. The van der Waals surface area contributed by atoms with E-state index in [9.17, 15) is 14.4 Å². The fourth-order valence-corrected chi connectivity index (χ4v) is 3.77. The van der Waals surface area contributed by atoms with Gasteiger partial charge in [0.1, 0.15) is 6.54 Å². The number of amides is 3. The lowest BCUT2D eigenvalue weighted by atomic mass is 10.2. The average molecular weight is 358 g/mol. The summed E-state index contributed by atoms with van der Waals surface area (Å²) < 4.78 is 0. The number of imide groups is 1. The summed E-state index contributed by atoms with van der Waals surface area (Å²) in [7, 11) is 0. The second kappa shape index (κ2) is 7.02. The lowest BCUT2D eigenvalue weighted by Gasteiger charge is -2.12. The zero-order valence-corrected chi connectivity index (χ0v) is 14.4. The minimum absolute atomic E-state index is 0.291.